The van der Waals surface area contributed by atoms with Crippen molar-refractivity contribution in [3.05, 3.63) is 0 Å². The summed E-state index contributed by atoms with van der Waals surface area (Å²) in [5, 5.41) is 0. The largest absolute Gasteiger partial charge is 0.491 e. The van der Waals surface area contributed by atoms with Crippen LogP contribution in [0.4, 0.5) is 0 Å². The zero-order valence-corrected chi connectivity index (χ0v) is 2.86. The normalized spacial score (nSPS) is 5.25. The maximum Gasteiger partial charge on any atom is 0.491 e. The van der Waals surface area contributed by atoms with Gasteiger partial charge in [0.1, 0.15) is 0 Å². The Kier molecular flexibility index (Phi) is 26.6. The van der Waals surface area contributed by atoms with E-state index >= 15 is 0 Å². The summed E-state index contributed by atoms with van der Waals surface area (Å²) in [5.74, 6) is 0. The molecule has 0 fully saturated rings. The van der Waals surface area contributed by atoms with Gasteiger partial charge in [-0.15, -0.1) is 0 Å². The van der Waals surface area contributed by atoms with Crippen LogP contribution in [0.25, 0.3) is 0 Å². The lowest BCUT2D eigenvalue weighted by molar-refractivity contribution is 0.524. The molecule has 1 unspecified atom stereocenters. The predicted octanol–water partition coefficient (Wildman–Crippen LogP) is -0.907. The van der Waals surface area contributed by atoms with Crippen LogP contribution in [-0.2, 0) is 4.57 Å². The van der Waals surface area contributed by atoms with Gasteiger partial charge >= 0.3 is 8.69 Å². The van der Waals surface area contributed by atoms with Crippen molar-refractivity contribution in [2.45, 2.75) is 0 Å². The van der Waals surface area contributed by atoms with Gasteiger partial charge in [0, 0.05) is 0 Å². The molecule has 0 aliphatic rings. The summed E-state index contributed by atoms with van der Waals surface area (Å²) >= 11 is 0. The summed E-state index contributed by atoms with van der Waals surface area (Å²) in [6.45, 7) is 0. The summed E-state index contributed by atoms with van der Waals surface area (Å²) in [6, 6.07) is 0. The van der Waals surface area contributed by atoms with E-state index in [2.05, 4.69) is 0 Å². The molecule has 0 saturated heterocycles. The Bertz CT molecular complexity index is 10.8. The van der Waals surface area contributed by atoms with Crippen molar-refractivity contribution in [2.24, 2.45) is 0 Å². The predicted molar refractivity (Wildman–Crippen MR) is 14.8 cm³/mol. The number of rotatable bonds is 0. The van der Waals surface area contributed by atoms with Crippen molar-refractivity contribution in [1.82, 2.24) is 0 Å². The highest BCUT2D eigenvalue weighted by Crippen LogP contribution is 1.66. The quantitative estimate of drug-likeness (QED) is 0.385. The third kappa shape index (κ3) is 5250. The van der Waals surface area contributed by atoms with Crippen LogP contribution in [0.1, 0.15) is 0 Å². The minimum atomic E-state index is -1.17. The van der Waals surface area contributed by atoms with Crippen LogP contribution in [0.15, 0.2) is 0 Å². The first-order chi connectivity index (χ1) is 1.41. The average Bonchev–Trinajstić information content (AvgIpc) is 0.918. The Labute approximate surface area is 24.9 Å². The van der Waals surface area contributed by atoms with Gasteiger partial charge in [-0.2, -0.15) is 4.89 Å². The first-order valence-electron chi connectivity index (χ1n) is 0.428. The fourth-order valence-corrected chi connectivity index (χ4v) is 0. The van der Waals surface area contributed by atoms with Gasteiger partial charge < -0.3 is 5.48 Å². The highest BCUT2D eigenvalue weighted by atomic mass is 31.1. The lowest BCUT2D eigenvalue weighted by atomic mass is 15.9. The van der Waals surface area contributed by atoms with E-state index in [0.717, 1.165) is 0 Å². The molecule has 0 spiro atoms. The number of hydrogen-bond acceptors (Lipinski definition) is 1. The highest BCUT2D eigenvalue weighted by Gasteiger charge is 1.45. The van der Waals surface area contributed by atoms with Crippen molar-refractivity contribution in [2.75, 3.05) is 0 Å². The molecule has 0 heterocycles. The van der Waals surface area contributed by atoms with E-state index in [9.17, 15) is 0 Å². The summed E-state index contributed by atoms with van der Waals surface area (Å²) < 4.78 is 8.51. The van der Waals surface area contributed by atoms with Gasteiger partial charge in [0.2, 0.25) is 0 Å². The van der Waals surface area contributed by atoms with Gasteiger partial charge in [0.15, 0.2) is 0 Å². The maximum absolute atomic E-state index is 8.51. The molecule has 4 heteroatoms. The summed E-state index contributed by atoms with van der Waals surface area (Å²) in [5.41, 5.74) is 0. The van der Waals surface area contributed by atoms with Gasteiger partial charge in [-0.05, 0) is 4.57 Å². The van der Waals surface area contributed by atoms with Gasteiger partial charge in [-0.25, -0.2) is 0 Å². The molecule has 0 rings (SSSR count). The molecule has 0 amide bonds. The molecule has 0 aliphatic heterocycles. The minimum Gasteiger partial charge on any atom is -0.412 e. The molecule has 4 heavy (non-hydrogen) atoms. The van der Waals surface area contributed by atoms with Crippen LogP contribution >= 0.6 is 8.69 Å². The third-order valence-electron chi connectivity index (χ3n) is 0. The maximum atomic E-state index is 8.51. The van der Waals surface area contributed by atoms with Crippen molar-refractivity contribution >= 4 is 8.69 Å². The first-order valence-corrected chi connectivity index (χ1v) is 1.28. The molecule has 0 radical (unpaired) electrons. The monoisotopic (exact) mass is 83.0 g/mol. The Balaban J connectivity index is 0. The van der Waals surface area contributed by atoms with Crippen molar-refractivity contribution in [3.8, 4) is 0 Å². The van der Waals surface area contributed by atoms with Crippen LogP contribution in [-0.4, -0.2) is 10.4 Å². The van der Waals surface area contributed by atoms with E-state index in [4.69, 9.17) is 9.46 Å². The Morgan fingerprint density at radius 1 is 1.75 bits per heavy atom. The third-order valence-corrected chi connectivity index (χ3v) is 0. The summed E-state index contributed by atoms with van der Waals surface area (Å²) in [4.78, 5) is 7.04. The summed E-state index contributed by atoms with van der Waals surface area (Å²) in [6.07, 6.45) is 0. The fraction of sp³-hybridized carbons (Fsp3) is 0. The topological polar surface area (TPSA) is 68.8 Å². The molecule has 0 aromatic rings. The fourth-order valence-electron chi connectivity index (χ4n) is 0. The molecular formula is H4O3P+. The smallest absolute Gasteiger partial charge is 0.412 e. The van der Waals surface area contributed by atoms with Gasteiger partial charge in [-0.3, -0.25) is 0 Å². The van der Waals surface area contributed by atoms with Crippen molar-refractivity contribution < 1.29 is 14.9 Å². The molecule has 0 aromatic heterocycles. The molecule has 0 aliphatic carbocycles. The van der Waals surface area contributed by atoms with Crippen molar-refractivity contribution in [1.29, 1.82) is 0 Å². The zero-order chi connectivity index (χ0) is 2.71. The minimum absolute atomic E-state index is 0. The average molecular weight is 83.0 g/mol. The van der Waals surface area contributed by atoms with E-state index < -0.39 is 8.69 Å². The Hall–Kier alpha value is 0.0200. The highest BCUT2D eigenvalue weighted by molar-refractivity contribution is 7.16. The second-order valence-electron chi connectivity index (χ2n) is 0.0913. The van der Waals surface area contributed by atoms with Crippen LogP contribution in [0.2, 0.25) is 0 Å². The van der Waals surface area contributed by atoms with Gasteiger partial charge in [0.25, 0.3) is 0 Å². The standard InChI is InChI=1S/HO2P.H2O/c1-3-2;/h3H;1H2/p+1. The molecule has 3 nitrogen and oxygen atoms in total. The lowest BCUT2D eigenvalue weighted by Crippen LogP contribution is -1.03. The zero-order valence-electron chi connectivity index (χ0n) is 1.86. The van der Waals surface area contributed by atoms with Crippen LogP contribution in [0, 0.1) is 0 Å². The molecule has 26 valence electrons. The van der Waals surface area contributed by atoms with E-state index in [0.29, 0.717) is 0 Å². The molecular weight excluding hydrogens is 79.0 g/mol. The molecule has 0 aromatic carbocycles. The molecule has 3 N–H and O–H groups in total. The second kappa shape index (κ2) is 11.8. The van der Waals surface area contributed by atoms with E-state index in [1.165, 1.54) is 0 Å². The SMILES string of the molecule is O.O=[PH+]O. The van der Waals surface area contributed by atoms with E-state index in [1.807, 2.05) is 0 Å². The second-order valence-corrected chi connectivity index (χ2v) is 0.274. The van der Waals surface area contributed by atoms with Crippen LogP contribution < -0.4 is 0 Å². The number of hydrogen-bond donors (Lipinski definition) is 1. The van der Waals surface area contributed by atoms with Crippen LogP contribution in [0.5, 0.6) is 0 Å². The van der Waals surface area contributed by atoms with Gasteiger partial charge in [-0.1, -0.05) is 0 Å². The Morgan fingerprint density at radius 3 is 1.75 bits per heavy atom. The summed E-state index contributed by atoms with van der Waals surface area (Å²) in [7, 11) is -1.17. The Morgan fingerprint density at radius 2 is 1.75 bits per heavy atom. The molecule has 1 atom stereocenters. The molecule has 0 saturated carbocycles. The first kappa shape index (κ1) is 8.99. The lowest BCUT2D eigenvalue weighted by Gasteiger charge is -1.08. The van der Waals surface area contributed by atoms with E-state index in [-0.39, 0.29) is 5.48 Å². The van der Waals surface area contributed by atoms with Crippen LogP contribution in [0.3, 0.4) is 0 Å². The van der Waals surface area contributed by atoms with Crippen molar-refractivity contribution in [3.63, 3.8) is 0 Å². The van der Waals surface area contributed by atoms with Gasteiger partial charge in [0.05, 0.1) is 0 Å². The molecule has 0 bridgehead atoms. The van der Waals surface area contributed by atoms with E-state index in [1.54, 1.807) is 0 Å².